The maximum Gasteiger partial charge on any atom is 0.338 e. The van der Waals surface area contributed by atoms with Crippen molar-refractivity contribution < 1.29 is 38.4 Å². The summed E-state index contributed by atoms with van der Waals surface area (Å²) >= 11 is 3.20. The number of rotatable bonds is 7. The summed E-state index contributed by atoms with van der Waals surface area (Å²) in [6.45, 7) is 1.65. The number of alkyl halides is 1. The highest BCUT2D eigenvalue weighted by Gasteiger charge is 2.23. The first-order valence-corrected chi connectivity index (χ1v) is 10.1. The van der Waals surface area contributed by atoms with Crippen molar-refractivity contribution in [1.29, 1.82) is 0 Å². The van der Waals surface area contributed by atoms with Crippen LogP contribution in [0.1, 0.15) is 31.8 Å². The first-order valence-electron chi connectivity index (χ1n) is 8.97. The molecule has 2 aromatic rings. The lowest BCUT2D eigenvalue weighted by molar-refractivity contribution is -0.385. The van der Waals surface area contributed by atoms with Crippen LogP contribution in [0.15, 0.2) is 24.3 Å². The number of halogens is 1. The zero-order chi connectivity index (χ0) is 25.3. The number of nitro benzene ring substituents is 2. The minimum absolute atomic E-state index is 0.108. The average Bonchev–Trinajstić information content (AvgIpc) is 2.81. The second-order valence-electron chi connectivity index (χ2n) is 6.15. The fourth-order valence-electron chi connectivity index (χ4n) is 2.63. The topological polar surface area (TPSA) is 157 Å². The van der Waals surface area contributed by atoms with Crippen LogP contribution in [-0.2, 0) is 14.8 Å². The van der Waals surface area contributed by atoms with E-state index < -0.39 is 21.8 Å². The van der Waals surface area contributed by atoms with Crippen molar-refractivity contribution in [3.8, 4) is 11.5 Å². The van der Waals surface area contributed by atoms with E-state index in [4.69, 9.17) is 9.47 Å². The van der Waals surface area contributed by atoms with Crippen molar-refractivity contribution in [2.24, 2.45) is 0 Å². The quantitative estimate of drug-likeness (QED) is 0.222. The van der Waals surface area contributed by atoms with Gasteiger partial charge in [0.05, 0.1) is 49.4 Å². The molecule has 0 saturated carbocycles. The van der Waals surface area contributed by atoms with Crippen molar-refractivity contribution in [1.82, 2.24) is 0 Å². The number of carbonyl (C=O) groups excluding carboxylic acids is 2. The van der Waals surface area contributed by atoms with E-state index in [-0.39, 0.29) is 34.0 Å². The Morgan fingerprint density at radius 3 is 1.64 bits per heavy atom. The lowest BCUT2D eigenvalue weighted by Gasteiger charge is -2.08. The normalized spacial score (nSPS) is 9.76. The second kappa shape index (κ2) is 12.3. The van der Waals surface area contributed by atoms with E-state index in [1.165, 1.54) is 40.6 Å². The van der Waals surface area contributed by atoms with Gasteiger partial charge in [-0.1, -0.05) is 15.9 Å². The van der Waals surface area contributed by atoms with Gasteiger partial charge in [0.2, 0.25) is 0 Å². The van der Waals surface area contributed by atoms with Gasteiger partial charge in [-0.3, -0.25) is 20.2 Å². The number of nitro groups is 2. The molecule has 0 fully saturated rings. The summed E-state index contributed by atoms with van der Waals surface area (Å²) in [6.07, 6.45) is 0. The summed E-state index contributed by atoms with van der Waals surface area (Å²) in [6, 6.07) is 5.19. The Balaban J connectivity index is 0.000000331. The van der Waals surface area contributed by atoms with Crippen LogP contribution < -0.4 is 9.47 Å². The Morgan fingerprint density at radius 2 is 1.24 bits per heavy atom. The maximum atomic E-state index is 11.5. The number of aryl methyl sites for hydroxylation is 1. The Morgan fingerprint density at radius 1 is 0.818 bits per heavy atom. The highest BCUT2D eigenvalue weighted by molar-refractivity contribution is 9.08. The van der Waals surface area contributed by atoms with Crippen molar-refractivity contribution in [3.63, 3.8) is 0 Å². The average molecular weight is 529 g/mol. The first-order chi connectivity index (χ1) is 15.6. The van der Waals surface area contributed by atoms with Crippen molar-refractivity contribution in [3.05, 3.63) is 66.7 Å². The van der Waals surface area contributed by atoms with Gasteiger partial charge in [0.1, 0.15) is 0 Å². The third kappa shape index (κ3) is 6.62. The van der Waals surface area contributed by atoms with Gasteiger partial charge in [-0.05, 0) is 30.2 Å². The molecule has 13 heteroatoms. The molecule has 0 radical (unpaired) electrons. The van der Waals surface area contributed by atoms with Gasteiger partial charge in [0.25, 0.3) is 0 Å². The van der Waals surface area contributed by atoms with E-state index in [9.17, 15) is 29.8 Å². The first kappa shape index (κ1) is 27.3. The molecule has 0 bridgehead atoms. The molecule has 0 N–H and O–H groups in total. The van der Waals surface area contributed by atoms with Gasteiger partial charge in [-0.15, -0.1) is 0 Å². The van der Waals surface area contributed by atoms with Gasteiger partial charge in [0.15, 0.2) is 11.5 Å². The molecule has 2 rings (SSSR count). The Hall–Kier alpha value is -3.74. The van der Waals surface area contributed by atoms with Gasteiger partial charge in [0, 0.05) is 17.5 Å². The molecule has 33 heavy (non-hydrogen) atoms. The molecule has 0 aliphatic heterocycles. The number of ether oxygens (including phenoxy) is 4. The van der Waals surface area contributed by atoms with Crippen LogP contribution in [0.3, 0.4) is 0 Å². The Labute approximate surface area is 196 Å². The van der Waals surface area contributed by atoms with E-state index in [2.05, 4.69) is 25.4 Å². The predicted molar refractivity (Wildman–Crippen MR) is 119 cm³/mol. The number of esters is 2. The van der Waals surface area contributed by atoms with Crippen molar-refractivity contribution in [2.45, 2.75) is 12.3 Å². The molecular formula is C20H21BrN2O10. The second-order valence-corrected chi connectivity index (χ2v) is 6.71. The van der Waals surface area contributed by atoms with Crippen LogP contribution in [0.2, 0.25) is 0 Å². The summed E-state index contributed by atoms with van der Waals surface area (Å²) in [5.41, 5.74) is 0.923. The summed E-state index contributed by atoms with van der Waals surface area (Å²) in [7, 11) is 5.10. The SMILES string of the molecule is COC(=O)c1cc([N+](=O)[O-])c(OC)cc1C.COC(=O)c1cc([N+](=O)[O-])c(OC)cc1CBr. The van der Waals surface area contributed by atoms with E-state index in [1.807, 2.05) is 0 Å². The molecule has 12 nitrogen and oxygen atoms in total. The monoisotopic (exact) mass is 528 g/mol. The molecule has 2 aromatic carbocycles. The smallest absolute Gasteiger partial charge is 0.338 e. The van der Waals surface area contributed by atoms with Crippen LogP contribution in [0, 0.1) is 27.2 Å². The predicted octanol–water partition coefficient (Wildman–Crippen LogP) is 3.98. The van der Waals surface area contributed by atoms with Crippen molar-refractivity contribution in [2.75, 3.05) is 28.4 Å². The van der Waals surface area contributed by atoms with Crippen molar-refractivity contribution >= 4 is 39.2 Å². The molecule has 0 unspecified atom stereocenters. The fourth-order valence-corrected chi connectivity index (χ4v) is 3.10. The minimum atomic E-state index is -0.620. The van der Waals surface area contributed by atoms with E-state index in [1.54, 1.807) is 6.92 Å². The summed E-state index contributed by atoms with van der Waals surface area (Å²) in [5, 5.41) is 21.9. The van der Waals surface area contributed by atoms with E-state index in [0.29, 0.717) is 16.5 Å². The number of benzene rings is 2. The van der Waals surface area contributed by atoms with Gasteiger partial charge in [-0.2, -0.15) is 0 Å². The lowest BCUT2D eigenvalue weighted by Crippen LogP contribution is -2.07. The molecule has 178 valence electrons. The number of hydrogen-bond acceptors (Lipinski definition) is 10. The molecule has 0 aliphatic rings. The van der Waals surface area contributed by atoms with Crippen LogP contribution in [0.25, 0.3) is 0 Å². The molecular weight excluding hydrogens is 508 g/mol. The maximum absolute atomic E-state index is 11.5. The molecule has 0 aliphatic carbocycles. The van der Waals surface area contributed by atoms with Crippen LogP contribution in [-0.4, -0.2) is 50.2 Å². The van der Waals surface area contributed by atoms with Gasteiger partial charge < -0.3 is 18.9 Å². The number of carbonyl (C=O) groups is 2. The number of hydrogen-bond donors (Lipinski definition) is 0. The zero-order valence-electron chi connectivity index (χ0n) is 18.4. The molecule has 0 spiro atoms. The third-order valence-corrected chi connectivity index (χ3v) is 4.88. The molecule has 0 aromatic heterocycles. The summed E-state index contributed by atoms with van der Waals surface area (Å²) in [4.78, 5) is 43.1. The fraction of sp³-hybridized carbons (Fsp3) is 0.300. The third-order valence-electron chi connectivity index (χ3n) is 4.28. The van der Waals surface area contributed by atoms with E-state index in [0.717, 1.165) is 12.1 Å². The molecule has 0 saturated heterocycles. The Bertz CT molecular complexity index is 1070. The lowest BCUT2D eigenvalue weighted by atomic mass is 10.1. The highest BCUT2D eigenvalue weighted by Crippen LogP contribution is 2.32. The number of methoxy groups -OCH3 is 4. The van der Waals surface area contributed by atoms with Gasteiger partial charge in [-0.25, -0.2) is 9.59 Å². The van der Waals surface area contributed by atoms with Crippen LogP contribution >= 0.6 is 15.9 Å². The summed E-state index contributed by atoms with van der Waals surface area (Å²) < 4.78 is 18.9. The summed E-state index contributed by atoms with van der Waals surface area (Å²) in [5.74, 6) is -0.999. The molecule has 0 heterocycles. The standard InChI is InChI=1S/C10H10BrNO5.C10H11NO5/c1-16-9-3-6(5-11)7(10(13)17-2)4-8(9)12(14)15;1-6-4-9(15-2)8(11(13)14)5-7(6)10(12)16-3/h3-4H,5H2,1-2H3;4-5H,1-3H3. The molecule has 0 amide bonds. The molecule has 0 atom stereocenters. The van der Waals surface area contributed by atoms with Crippen LogP contribution in [0.4, 0.5) is 11.4 Å². The zero-order valence-corrected chi connectivity index (χ0v) is 20.0. The highest BCUT2D eigenvalue weighted by atomic mass is 79.9. The number of nitrogens with zero attached hydrogens (tertiary/aromatic N) is 2. The minimum Gasteiger partial charge on any atom is -0.490 e. The largest absolute Gasteiger partial charge is 0.490 e. The Kier molecular flexibility index (Phi) is 10.2. The van der Waals surface area contributed by atoms with E-state index >= 15 is 0 Å². The van der Waals surface area contributed by atoms with Crippen LogP contribution in [0.5, 0.6) is 11.5 Å². The van der Waals surface area contributed by atoms with Gasteiger partial charge >= 0.3 is 23.3 Å².